The fraction of sp³-hybridized carbons (Fsp3) is 0.167. The highest BCUT2D eigenvalue weighted by Gasteiger charge is 2.20. The van der Waals surface area contributed by atoms with E-state index in [0.717, 1.165) is 22.6 Å². The van der Waals surface area contributed by atoms with Crippen molar-refractivity contribution >= 4 is 43.0 Å². The molecule has 1 aromatic carbocycles. The number of benzene rings is 1. The van der Waals surface area contributed by atoms with Crippen LogP contribution in [0.15, 0.2) is 32.9 Å². The lowest BCUT2D eigenvalue weighted by atomic mass is 10.3. The van der Waals surface area contributed by atoms with E-state index >= 15 is 0 Å². The van der Waals surface area contributed by atoms with Crippen molar-refractivity contribution in [1.82, 2.24) is 4.72 Å². The summed E-state index contributed by atoms with van der Waals surface area (Å²) in [5.41, 5.74) is 6.76. The second kappa shape index (κ2) is 5.80. The zero-order chi connectivity index (χ0) is 14.9. The molecule has 1 heterocycles. The molecule has 0 aliphatic rings. The van der Waals surface area contributed by atoms with Gasteiger partial charge in [0.05, 0.1) is 0 Å². The van der Waals surface area contributed by atoms with E-state index < -0.39 is 20.7 Å². The zero-order valence-corrected chi connectivity index (χ0v) is 13.7. The van der Waals surface area contributed by atoms with Crippen LogP contribution in [0.2, 0.25) is 0 Å². The zero-order valence-electron chi connectivity index (χ0n) is 10.5. The van der Waals surface area contributed by atoms with Crippen LogP contribution in [0.25, 0.3) is 0 Å². The van der Waals surface area contributed by atoms with Crippen LogP contribution >= 0.6 is 27.3 Å². The molecular weight excluding hydrogens is 367 g/mol. The van der Waals surface area contributed by atoms with Crippen molar-refractivity contribution in [3.63, 3.8) is 0 Å². The van der Waals surface area contributed by atoms with Gasteiger partial charge in [-0.15, -0.1) is 11.3 Å². The van der Waals surface area contributed by atoms with Crippen LogP contribution < -0.4 is 10.5 Å². The molecule has 0 aliphatic heterocycles. The van der Waals surface area contributed by atoms with Crippen LogP contribution in [0.4, 0.5) is 10.1 Å². The first-order valence-corrected chi connectivity index (χ1v) is 8.74. The van der Waals surface area contributed by atoms with Gasteiger partial charge in [0.1, 0.15) is 10.7 Å². The van der Waals surface area contributed by atoms with Gasteiger partial charge in [0.2, 0.25) is 10.0 Å². The maximum absolute atomic E-state index is 13.8. The largest absolute Gasteiger partial charge is 0.398 e. The monoisotopic (exact) mass is 378 g/mol. The Bertz CT molecular complexity index is 744. The first kappa shape index (κ1) is 15.4. The molecule has 3 N–H and O–H groups in total. The number of anilines is 1. The Morgan fingerprint density at radius 1 is 1.45 bits per heavy atom. The van der Waals surface area contributed by atoms with Crippen molar-refractivity contribution in [2.45, 2.75) is 18.4 Å². The molecule has 0 atom stereocenters. The quantitative estimate of drug-likeness (QED) is 0.803. The minimum absolute atomic E-state index is 0.126. The van der Waals surface area contributed by atoms with E-state index in [1.807, 2.05) is 18.4 Å². The normalized spacial score (nSPS) is 11.8. The van der Waals surface area contributed by atoms with Gasteiger partial charge in [0.25, 0.3) is 0 Å². The molecule has 0 amide bonds. The molecule has 108 valence electrons. The van der Waals surface area contributed by atoms with Gasteiger partial charge in [-0.1, -0.05) is 0 Å². The highest BCUT2D eigenvalue weighted by Crippen LogP contribution is 2.26. The average molecular weight is 379 g/mol. The highest BCUT2D eigenvalue weighted by molar-refractivity contribution is 9.10. The highest BCUT2D eigenvalue weighted by atomic mass is 79.9. The summed E-state index contributed by atoms with van der Waals surface area (Å²) < 4.78 is 40.7. The van der Waals surface area contributed by atoms with E-state index in [-0.39, 0.29) is 12.2 Å². The minimum atomic E-state index is -3.94. The maximum Gasteiger partial charge on any atom is 0.243 e. The molecule has 1 aromatic heterocycles. The summed E-state index contributed by atoms with van der Waals surface area (Å²) in [6, 6.07) is 4.04. The van der Waals surface area contributed by atoms with Gasteiger partial charge in [-0.3, -0.25) is 0 Å². The van der Waals surface area contributed by atoms with Crippen molar-refractivity contribution in [3.05, 3.63) is 44.3 Å². The number of hydrogen-bond donors (Lipinski definition) is 2. The Morgan fingerprint density at radius 2 is 2.15 bits per heavy atom. The first-order valence-electron chi connectivity index (χ1n) is 5.58. The lowest BCUT2D eigenvalue weighted by Crippen LogP contribution is -2.24. The number of halogens is 2. The van der Waals surface area contributed by atoms with Gasteiger partial charge in [0, 0.05) is 21.6 Å². The molecule has 0 bridgehead atoms. The summed E-state index contributed by atoms with van der Waals surface area (Å²) in [4.78, 5) is 0.437. The molecule has 0 spiro atoms. The van der Waals surface area contributed by atoms with Gasteiger partial charge in [-0.25, -0.2) is 17.5 Å². The van der Waals surface area contributed by atoms with Gasteiger partial charge in [-0.05, 0) is 52.0 Å². The molecule has 0 fully saturated rings. The Kier molecular flexibility index (Phi) is 4.48. The smallest absolute Gasteiger partial charge is 0.243 e. The molecule has 0 unspecified atom stereocenters. The summed E-state index contributed by atoms with van der Waals surface area (Å²) in [5, 5.41) is 1.87. The predicted octanol–water partition coefficient (Wildman–Crippen LogP) is 3.02. The van der Waals surface area contributed by atoms with E-state index in [2.05, 4.69) is 20.7 Å². The Morgan fingerprint density at radius 3 is 2.75 bits per heavy atom. The number of nitrogens with one attached hydrogen (secondary N) is 1. The van der Waals surface area contributed by atoms with Gasteiger partial charge in [0.15, 0.2) is 0 Å². The van der Waals surface area contributed by atoms with Crippen molar-refractivity contribution in [1.29, 1.82) is 0 Å². The molecule has 20 heavy (non-hydrogen) atoms. The van der Waals surface area contributed by atoms with Crippen LogP contribution in [-0.2, 0) is 16.6 Å². The third-order valence-electron chi connectivity index (χ3n) is 2.73. The van der Waals surface area contributed by atoms with Crippen LogP contribution in [0.5, 0.6) is 0 Å². The Labute approximate surface area is 129 Å². The van der Waals surface area contributed by atoms with Crippen molar-refractivity contribution in [2.24, 2.45) is 0 Å². The minimum Gasteiger partial charge on any atom is -0.398 e. The van der Waals surface area contributed by atoms with Crippen LogP contribution in [0.3, 0.4) is 0 Å². The van der Waals surface area contributed by atoms with Gasteiger partial charge in [-0.2, -0.15) is 0 Å². The summed E-state index contributed by atoms with van der Waals surface area (Å²) in [6.45, 7) is 2.01. The van der Waals surface area contributed by atoms with E-state index in [0.29, 0.717) is 4.47 Å². The van der Waals surface area contributed by atoms with E-state index in [1.165, 1.54) is 11.3 Å². The second-order valence-electron chi connectivity index (χ2n) is 4.16. The topological polar surface area (TPSA) is 72.2 Å². The average Bonchev–Trinajstić information content (AvgIpc) is 2.77. The fourth-order valence-corrected chi connectivity index (χ4v) is 3.91. The number of aryl methyl sites for hydroxylation is 1. The Hall–Kier alpha value is -0.960. The van der Waals surface area contributed by atoms with Crippen LogP contribution in [0.1, 0.15) is 10.4 Å². The predicted molar refractivity (Wildman–Crippen MR) is 81.6 cm³/mol. The summed E-state index contributed by atoms with van der Waals surface area (Å²) >= 11 is 4.49. The summed E-state index contributed by atoms with van der Waals surface area (Å²) in [7, 11) is -3.94. The fourth-order valence-electron chi connectivity index (χ4n) is 1.57. The molecule has 2 aromatic rings. The van der Waals surface area contributed by atoms with Crippen LogP contribution in [-0.4, -0.2) is 8.42 Å². The van der Waals surface area contributed by atoms with Crippen molar-refractivity contribution in [3.8, 4) is 0 Å². The van der Waals surface area contributed by atoms with Crippen molar-refractivity contribution in [2.75, 3.05) is 5.73 Å². The molecule has 0 radical (unpaired) electrons. The number of rotatable bonds is 4. The standard InChI is InChI=1S/C12H12BrFN2O2S2/c1-7-2-3-19-11(7)6-16-20(17,18)12-5-10(15)8(13)4-9(12)14/h2-5,16H,6,15H2,1H3. The Balaban J connectivity index is 2.27. The third kappa shape index (κ3) is 3.20. The number of hydrogen-bond acceptors (Lipinski definition) is 4. The van der Waals surface area contributed by atoms with Crippen LogP contribution in [0, 0.1) is 12.7 Å². The van der Waals surface area contributed by atoms with Gasteiger partial charge < -0.3 is 5.73 Å². The first-order chi connectivity index (χ1) is 9.31. The molecule has 8 heteroatoms. The lowest BCUT2D eigenvalue weighted by molar-refractivity contribution is 0.557. The summed E-state index contributed by atoms with van der Waals surface area (Å²) in [5.74, 6) is -0.846. The number of nitrogens with two attached hydrogens (primary N) is 1. The molecule has 0 saturated heterocycles. The SMILES string of the molecule is Cc1ccsc1CNS(=O)(=O)c1cc(N)c(Br)cc1F. The summed E-state index contributed by atoms with van der Waals surface area (Å²) in [6.07, 6.45) is 0. The van der Waals surface area contributed by atoms with E-state index in [1.54, 1.807) is 0 Å². The van der Waals surface area contributed by atoms with E-state index in [4.69, 9.17) is 5.73 Å². The molecule has 0 saturated carbocycles. The second-order valence-corrected chi connectivity index (χ2v) is 7.75. The van der Waals surface area contributed by atoms with Crippen molar-refractivity contribution < 1.29 is 12.8 Å². The molecule has 2 rings (SSSR count). The van der Waals surface area contributed by atoms with Gasteiger partial charge >= 0.3 is 0 Å². The molecule has 4 nitrogen and oxygen atoms in total. The molecule has 0 aliphatic carbocycles. The number of nitrogen functional groups attached to an aromatic ring is 1. The third-order valence-corrected chi connectivity index (χ3v) is 5.86. The molecular formula is C12H12BrFN2O2S2. The lowest BCUT2D eigenvalue weighted by Gasteiger charge is -2.09. The maximum atomic E-state index is 13.8. The van der Waals surface area contributed by atoms with E-state index in [9.17, 15) is 12.8 Å². The number of thiophene rings is 1. The number of sulfonamides is 1.